The van der Waals surface area contributed by atoms with E-state index in [1.807, 2.05) is 6.92 Å². The first-order chi connectivity index (χ1) is 9.93. The quantitative estimate of drug-likeness (QED) is 0.476. The van der Waals surface area contributed by atoms with Gasteiger partial charge in [0.1, 0.15) is 12.6 Å². The number of rotatable bonds is 3. The first kappa shape index (κ1) is 16.6. The summed E-state index contributed by atoms with van der Waals surface area (Å²) in [5.41, 5.74) is 1.38. The molecule has 2 amide bonds. The van der Waals surface area contributed by atoms with Gasteiger partial charge in [0.05, 0.1) is 5.92 Å². The van der Waals surface area contributed by atoms with Crippen molar-refractivity contribution in [3.63, 3.8) is 0 Å². The van der Waals surface area contributed by atoms with E-state index in [0.29, 0.717) is 12.3 Å². The van der Waals surface area contributed by atoms with E-state index in [1.54, 1.807) is 6.92 Å². The zero-order valence-electron chi connectivity index (χ0n) is 12.9. The van der Waals surface area contributed by atoms with E-state index in [4.69, 9.17) is 0 Å². The number of quaternary nitrogens is 1. The molecule has 2 unspecified atom stereocenters. The van der Waals surface area contributed by atoms with Crippen LogP contribution in [0.25, 0.3) is 0 Å². The number of hydrogen-bond acceptors (Lipinski definition) is 3. The van der Waals surface area contributed by atoms with E-state index in [2.05, 4.69) is 18.7 Å². The average molecular weight is 312 g/mol. The number of carbonyl (C=O) groups is 2. The molecule has 1 N–H and O–H groups in total. The van der Waals surface area contributed by atoms with Gasteiger partial charge in [-0.05, 0) is 39.5 Å². The van der Waals surface area contributed by atoms with Crippen molar-refractivity contribution >= 4 is 24.6 Å². The third-order valence-corrected chi connectivity index (χ3v) is 5.71. The summed E-state index contributed by atoms with van der Waals surface area (Å²) < 4.78 is -0.413. The van der Waals surface area contributed by atoms with E-state index in [1.165, 1.54) is 18.4 Å². The number of nitrogens with zero attached hydrogens (tertiary/aromatic N) is 1. The maximum Gasteiger partial charge on any atom is 0.521 e. The zero-order chi connectivity index (χ0) is 15.6. The Hall–Kier alpha value is -0.810. The van der Waals surface area contributed by atoms with E-state index in [0.717, 1.165) is 19.3 Å². The molecule has 0 saturated carbocycles. The normalized spacial score (nSPS) is 34.3. The zero-order valence-corrected chi connectivity index (χ0v) is 13.8. The molecule has 0 aromatic heterocycles. The number of amides is 2. The van der Waals surface area contributed by atoms with Gasteiger partial charge in [0.2, 0.25) is 0 Å². The Morgan fingerprint density at radius 3 is 2.71 bits per heavy atom. The summed E-state index contributed by atoms with van der Waals surface area (Å²) in [6.07, 6.45) is 6.63. The molecule has 0 spiro atoms. The maximum absolute atomic E-state index is 12.7. The molecule has 1 aliphatic carbocycles. The fourth-order valence-electron chi connectivity index (χ4n) is 3.84. The van der Waals surface area contributed by atoms with Gasteiger partial charge in [-0.3, -0.25) is 0 Å². The van der Waals surface area contributed by atoms with Crippen molar-refractivity contribution in [3.05, 3.63) is 11.6 Å². The Kier molecular flexibility index (Phi) is 5.15. The minimum absolute atomic E-state index is 0.162. The van der Waals surface area contributed by atoms with Crippen LogP contribution in [0.1, 0.15) is 46.0 Å². The van der Waals surface area contributed by atoms with Crippen LogP contribution in [0.2, 0.25) is 0 Å². The van der Waals surface area contributed by atoms with Crippen molar-refractivity contribution in [1.82, 2.24) is 0 Å². The van der Waals surface area contributed by atoms with Gasteiger partial charge < -0.3 is 5.11 Å². The number of allylic oxidation sites excluding steroid dienone is 1. The Morgan fingerprint density at radius 1 is 1.48 bits per heavy atom. The van der Waals surface area contributed by atoms with Crippen molar-refractivity contribution in [3.8, 4) is 0 Å². The second-order valence-corrected chi connectivity index (χ2v) is 6.93. The summed E-state index contributed by atoms with van der Waals surface area (Å²) in [5.74, 6) is 0.119. The summed E-state index contributed by atoms with van der Waals surface area (Å²) in [5, 5.41) is 9.77. The minimum Gasteiger partial charge on any atom is -0.435 e. The van der Waals surface area contributed by atoms with Crippen LogP contribution >= 0.6 is 12.6 Å². The van der Waals surface area contributed by atoms with E-state index < -0.39 is 10.6 Å². The molecule has 21 heavy (non-hydrogen) atoms. The molecular formula is C16H26NO3S+. The summed E-state index contributed by atoms with van der Waals surface area (Å²) >= 11 is 4.17. The third-order valence-electron chi connectivity index (χ3n) is 5.17. The number of imide groups is 1. The topological polar surface area (TPSA) is 54.4 Å². The van der Waals surface area contributed by atoms with Crippen LogP contribution in [0.5, 0.6) is 0 Å². The standard InChI is InChI=1S/C16H25NO3S/c1-11(10-21)15(18)17(16(19)20)9-14(8-12(17)2)13-6-4-3-5-7-13/h6,11-12,14H,3-5,7-10H2,1-2H3,(H-,19,20,21)/p+1/t11?,12?,14-,17-/m0/s1. The van der Waals surface area contributed by atoms with Gasteiger partial charge >= 0.3 is 12.0 Å². The predicted octanol–water partition coefficient (Wildman–Crippen LogP) is 3.48. The van der Waals surface area contributed by atoms with Crippen LogP contribution in [-0.4, -0.2) is 39.9 Å². The molecular weight excluding hydrogens is 286 g/mol. The van der Waals surface area contributed by atoms with Crippen LogP contribution in [0, 0.1) is 11.8 Å². The lowest BCUT2D eigenvalue weighted by atomic mass is 9.88. The van der Waals surface area contributed by atoms with Gasteiger partial charge in [-0.1, -0.05) is 11.6 Å². The van der Waals surface area contributed by atoms with E-state index in [-0.39, 0.29) is 23.8 Å². The Balaban J connectivity index is 2.28. The Morgan fingerprint density at radius 2 is 2.19 bits per heavy atom. The monoisotopic (exact) mass is 312 g/mol. The first-order valence-electron chi connectivity index (χ1n) is 7.89. The fraction of sp³-hybridized carbons (Fsp3) is 0.750. The molecule has 0 bridgehead atoms. The molecule has 2 rings (SSSR count). The number of hydrogen-bond donors (Lipinski definition) is 2. The highest BCUT2D eigenvalue weighted by molar-refractivity contribution is 7.80. The molecule has 1 heterocycles. The lowest BCUT2D eigenvalue weighted by Gasteiger charge is -2.31. The second kappa shape index (κ2) is 6.53. The third kappa shape index (κ3) is 2.90. The summed E-state index contributed by atoms with van der Waals surface area (Å²) in [4.78, 5) is 24.6. The molecule has 0 aromatic carbocycles. The van der Waals surface area contributed by atoms with Crippen molar-refractivity contribution < 1.29 is 19.2 Å². The SMILES string of the molecule is CC(CS)C(=O)[N@+]1(C(=O)O)C[C@@H](C2=CCCCC2)CC1C. The van der Waals surface area contributed by atoms with E-state index in [9.17, 15) is 14.7 Å². The molecule has 4 nitrogen and oxygen atoms in total. The lowest BCUT2D eigenvalue weighted by molar-refractivity contribution is -0.795. The van der Waals surface area contributed by atoms with Gasteiger partial charge in [-0.15, -0.1) is 0 Å². The Labute approximate surface area is 132 Å². The van der Waals surface area contributed by atoms with Crippen LogP contribution in [0.15, 0.2) is 11.6 Å². The highest BCUT2D eigenvalue weighted by atomic mass is 32.1. The number of carbonyl (C=O) groups excluding carboxylic acids is 1. The molecule has 0 aromatic rings. The predicted molar refractivity (Wildman–Crippen MR) is 85.3 cm³/mol. The molecule has 2 aliphatic rings. The Bertz CT molecular complexity index is 462. The van der Waals surface area contributed by atoms with E-state index >= 15 is 0 Å². The number of likely N-dealkylation sites (tertiary alicyclic amines) is 1. The van der Waals surface area contributed by atoms with Gasteiger partial charge in [0, 0.05) is 18.1 Å². The van der Waals surface area contributed by atoms with Crippen molar-refractivity contribution in [2.24, 2.45) is 11.8 Å². The molecule has 1 fully saturated rings. The first-order valence-corrected chi connectivity index (χ1v) is 8.52. The highest BCUT2D eigenvalue weighted by Crippen LogP contribution is 2.39. The summed E-state index contributed by atoms with van der Waals surface area (Å²) in [6, 6.07) is -0.162. The van der Waals surface area contributed by atoms with Crippen LogP contribution < -0.4 is 0 Å². The largest absolute Gasteiger partial charge is 0.521 e. The van der Waals surface area contributed by atoms with Crippen LogP contribution in [0.4, 0.5) is 4.79 Å². The fourth-order valence-corrected chi connectivity index (χ4v) is 3.99. The van der Waals surface area contributed by atoms with Crippen LogP contribution in [-0.2, 0) is 4.79 Å². The van der Waals surface area contributed by atoms with Crippen LogP contribution in [0.3, 0.4) is 0 Å². The summed E-state index contributed by atoms with van der Waals surface area (Å²) in [7, 11) is 0. The minimum atomic E-state index is -1.000. The van der Waals surface area contributed by atoms with Crippen molar-refractivity contribution in [2.75, 3.05) is 12.3 Å². The van der Waals surface area contributed by atoms with Gasteiger partial charge in [-0.25, -0.2) is 4.79 Å². The average Bonchev–Trinajstić information content (AvgIpc) is 2.85. The van der Waals surface area contributed by atoms with Crippen molar-refractivity contribution in [2.45, 2.75) is 52.0 Å². The molecule has 1 aliphatic heterocycles. The molecule has 4 atom stereocenters. The number of thiol groups is 1. The van der Waals surface area contributed by atoms with Gasteiger partial charge in [0.15, 0.2) is 0 Å². The van der Waals surface area contributed by atoms with Gasteiger partial charge in [0.25, 0.3) is 0 Å². The second-order valence-electron chi connectivity index (χ2n) is 6.56. The molecule has 5 heteroatoms. The highest BCUT2D eigenvalue weighted by Gasteiger charge is 2.57. The van der Waals surface area contributed by atoms with Gasteiger partial charge in [-0.2, -0.15) is 21.9 Å². The lowest BCUT2D eigenvalue weighted by Crippen LogP contribution is -2.60. The maximum atomic E-state index is 12.7. The molecule has 0 radical (unpaired) electrons. The molecule has 1 saturated heterocycles. The molecule has 118 valence electrons. The number of carboxylic acid groups (broad SMARTS) is 1. The van der Waals surface area contributed by atoms with Crippen molar-refractivity contribution in [1.29, 1.82) is 0 Å². The summed E-state index contributed by atoms with van der Waals surface area (Å²) in [6.45, 7) is 4.10. The smallest absolute Gasteiger partial charge is 0.435 e.